The van der Waals surface area contributed by atoms with E-state index in [0.717, 1.165) is 30.2 Å². The molecule has 4 nitrogen and oxygen atoms in total. The lowest BCUT2D eigenvalue weighted by Crippen LogP contribution is -2.19. The van der Waals surface area contributed by atoms with Gasteiger partial charge in [0.05, 0.1) is 0 Å². The maximum Gasteiger partial charge on any atom is 0.119 e. The lowest BCUT2D eigenvalue weighted by atomic mass is 10.1. The zero-order chi connectivity index (χ0) is 19.1. The first kappa shape index (κ1) is 18.8. The zero-order valence-corrected chi connectivity index (χ0v) is 15.9. The van der Waals surface area contributed by atoms with Crippen LogP contribution in [0.1, 0.15) is 5.56 Å². The van der Waals surface area contributed by atoms with E-state index >= 15 is 0 Å². The molecule has 0 aliphatic heterocycles. The van der Waals surface area contributed by atoms with Crippen molar-refractivity contribution in [2.75, 3.05) is 32.1 Å². The lowest BCUT2D eigenvalue weighted by Gasteiger charge is -2.25. The number of rotatable bonds is 8. The third-order valence-electron chi connectivity index (χ3n) is 4.30. The van der Waals surface area contributed by atoms with Gasteiger partial charge in [-0.25, -0.2) is 0 Å². The molecule has 27 heavy (non-hydrogen) atoms. The molecule has 0 saturated heterocycles. The molecule has 0 aliphatic rings. The number of nitrogens with zero attached hydrogens (tertiary/aromatic N) is 2. The van der Waals surface area contributed by atoms with Gasteiger partial charge in [0.25, 0.3) is 0 Å². The molecule has 0 unspecified atom stereocenters. The van der Waals surface area contributed by atoms with E-state index in [1.807, 2.05) is 56.6 Å². The van der Waals surface area contributed by atoms with Crippen molar-refractivity contribution in [1.29, 1.82) is 0 Å². The zero-order valence-electron chi connectivity index (χ0n) is 15.9. The summed E-state index contributed by atoms with van der Waals surface area (Å²) < 4.78 is 5.80. The average Bonchev–Trinajstić information content (AvgIpc) is 2.68. The van der Waals surface area contributed by atoms with Crippen molar-refractivity contribution >= 4 is 11.4 Å². The number of anilines is 2. The van der Waals surface area contributed by atoms with Crippen LogP contribution in [0.5, 0.6) is 11.5 Å². The second-order valence-corrected chi connectivity index (χ2v) is 6.73. The van der Waals surface area contributed by atoms with Gasteiger partial charge >= 0.3 is 0 Å². The standard InChI is InChI=1S/C23H26N2O2/c1-24(2)16-17-27-23-14-10-21(11-15-23)25(18-19-6-4-3-5-7-19)20-8-12-22(26)13-9-20/h3-15,26H,16-18H2,1-2H3. The maximum atomic E-state index is 9.62. The molecule has 0 spiro atoms. The van der Waals surface area contributed by atoms with E-state index in [9.17, 15) is 5.11 Å². The van der Waals surface area contributed by atoms with Gasteiger partial charge in [0, 0.05) is 24.5 Å². The summed E-state index contributed by atoms with van der Waals surface area (Å²) in [6.07, 6.45) is 0. The van der Waals surface area contributed by atoms with E-state index in [0.29, 0.717) is 6.61 Å². The molecule has 0 amide bonds. The molecular weight excluding hydrogens is 336 g/mol. The Morgan fingerprint density at radius 1 is 0.778 bits per heavy atom. The van der Waals surface area contributed by atoms with Gasteiger partial charge in [-0.05, 0) is 68.2 Å². The second-order valence-electron chi connectivity index (χ2n) is 6.73. The number of aromatic hydroxyl groups is 1. The third kappa shape index (κ3) is 5.50. The highest BCUT2D eigenvalue weighted by Crippen LogP contribution is 2.30. The molecule has 0 heterocycles. The molecule has 0 aromatic heterocycles. The molecular formula is C23H26N2O2. The first-order valence-electron chi connectivity index (χ1n) is 9.10. The SMILES string of the molecule is CN(C)CCOc1ccc(N(Cc2ccccc2)c2ccc(O)cc2)cc1. The van der Waals surface area contributed by atoms with Crippen LogP contribution in [-0.4, -0.2) is 37.3 Å². The number of hydrogen-bond donors (Lipinski definition) is 1. The average molecular weight is 362 g/mol. The Morgan fingerprint density at radius 3 is 1.96 bits per heavy atom. The van der Waals surface area contributed by atoms with Gasteiger partial charge < -0.3 is 19.6 Å². The van der Waals surface area contributed by atoms with Crippen LogP contribution in [0.4, 0.5) is 11.4 Å². The lowest BCUT2D eigenvalue weighted by molar-refractivity contribution is 0.261. The van der Waals surface area contributed by atoms with E-state index in [2.05, 4.69) is 34.1 Å². The van der Waals surface area contributed by atoms with Crippen molar-refractivity contribution in [2.24, 2.45) is 0 Å². The van der Waals surface area contributed by atoms with Crippen LogP contribution in [0.2, 0.25) is 0 Å². The van der Waals surface area contributed by atoms with Crippen LogP contribution in [0.25, 0.3) is 0 Å². The van der Waals surface area contributed by atoms with Gasteiger partial charge in [0.2, 0.25) is 0 Å². The number of hydrogen-bond acceptors (Lipinski definition) is 4. The van der Waals surface area contributed by atoms with Gasteiger partial charge in [0.1, 0.15) is 18.1 Å². The Balaban J connectivity index is 1.80. The van der Waals surface area contributed by atoms with Gasteiger partial charge in [-0.1, -0.05) is 30.3 Å². The van der Waals surface area contributed by atoms with Crippen LogP contribution in [0, 0.1) is 0 Å². The summed E-state index contributed by atoms with van der Waals surface area (Å²) in [6.45, 7) is 2.29. The molecule has 3 rings (SSSR count). The summed E-state index contributed by atoms with van der Waals surface area (Å²) in [5.41, 5.74) is 3.32. The van der Waals surface area contributed by atoms with Crippen molar-refractivity contribution in [3.8, 4) is 11.5 Å². The number of likely N-dealkylation sites (N-methyl/N-ethyl adjacent to an activating group) is 1. The topological polar surface area (TPSA) is 35.9 Å². The predicted octanol–water partition coefficient (Wildman–Crippen LogP) is 4.67. The van der Waals surface area contributed by atoms with Crippen LogP contribution in [0.3, 0.4) is 0 Å². The second kappa shape index (κ2) is 9.10. The minimum Gasteiger partial charge on any atom is -0.508 e. The molecule has 4 heteroatoms. The quantitative estimate of drug-likeness (QED) is 0.632. The molecule has 3 aromatic carbocycles. The molecule has 1 N–H and O–H groups in total. The maximum absolute atomic E-state index is 9.62. The Morgan fingerprint density at radius 2 is 1.37 bits per heavy atom. The van der Waals surface area contributed by atoms with Gasteiger partial charge in [-0.3, -0.25) is 0 Å². The highest BCUT2D eigenvalue weighted by molar-refractivity contribution is 5.64. The molecule has 3 aromatic rings. The monoisotopic (exact) mass is 362 g/mol. The summed E-state index contributed by atoms with van der Waals surface area (Å²) in [4.78, 5) is 4.32. The summed E-state index contributed by atoms with van der Waals surface area (Å²) in [5, 5.41) is 9.62. The fraction of sp³-hybridized carbons (Fsp3) is 0.217. The molecule has 0 fully saturated rings. The fourth-order valence-electron chi connectivity index (χ4n) is 2.80. The Hall–Kier alpha value is -2.98. The van der Waals surface area contributed by atoms with Gasteiger partial charge in [0.15, 0.2) is 0 Å². The highest BCUT2D eigenvalue weighted by Gasteiger charge is 2.11. The minimum atomic E-state index is 0.267. The van der Waals surface area contributed by atoms with Gasteiger partial charge in [-0.15, -0.1) is 0 Å². The van der Waals surface area contributed by atoms with E-state index in [1.165, 1.54) is 5.56 Å². The van der Waals surface area contributed by atoms with Crippen molar-refractivity contribution in [2.45, 2.75) is 6.54 Å². The minimum absolute atomic E-state index is 0.267. The molecule has 0 saturated carbocycles. The molecule has 0 aliphatic carbocycles. The summed E-state index contributed by atoms with van der Waals surface area (Å²) in [7, 11) is 4.07. The Bertz CT molecular complexity index is 815. The third-order valence-corrected chi connectivity index (χ3v) is 4.30. The number of phenols is 1. The largest absolute Gasteiger partial charge is 0.508 e. The van der Waals surface area contributed by atoms with E-state index < -0.39 is 0 Å². The highest BCUT2D eigenvalue weighted by atomic mass is 16.5. The first-order chi connectivity index (χ1) is 13.1. The number of phenolic OH excluding ortho intramolecular Hbond substituents is 1. The Kier molecular flexibility index (Phi) is 6.34. The van der Waals surface area contributed by atoms with Crippen LogP contribution in [-0.2, 0) is 6.54 Å². The molecule has 0 atom stereocenters. The van der Waals surface area contributed by atoms with Crippen molar-refractivity contribution in [1.82, 2.24) is 4.90 Å². The van der Waals surface area contributed by atoms with Gasteiger partial charge in [-0.2, -0.15) is 0 Å². The first-order valence-corrected chi connectivity index (χ1v) is 9.10. The summed E-state index contributed by atoms with van der Waals surface area (Å²) in [6, 6.07) is 25.8. The van der Waals surface area contributed by atoms with E-state index in [-0.39, 0.29) is 5.75 Å². The summed E-state index contributed by atoms with van der Waals surface area (Å²) in [5.74, 6) is 1.13. The fourth-order valence-corrected chi connectivity index (χ4v) is 2.80. The van der Waals surface area contributed by atoms with Crippen molar-refractivity contribution in [3.63, 3.8) is 0 Å². The van der Waals surface area contributed by atoms with Crippen molar-refractivity contribution < 1.29 is 9.84 Å². The Labute approximate surface area is 161 Å². The summed E-state index contributed by atoms with van der Waals surface area (Å²) >= 11 is 0. The number of benzene rings is 3. The van der Waals surface area contributed by atoms with Crippen LogP contribution in [0.15, 0.2) is 78.9 Å². The number of ether oxygens (including phenoxy) is 1. The normalized spacial score (nSPS) is 10.8. The van der Waals surface area contributed by atoms with Crippen LogP contribution >= 0.6 is 0 Å². The molecule has 0 radical (unpaired) electrons. The van der Waals surface area contributed by atoms with E-state index in [1.54, 1.807) is 12.1 Å². The van der Waals surface area contributed by atoms with Crippen LogP contribution < -0.4 is 9.64 Å². The van der Waals surface area contributed by atoms with E-state index in [4.69, 9.17) is 4.74 Å². The predicted molar refractivity (Wildman–Crippen MR) is 111 cm³/mol. The van der Waals surface area contributed by atoms with Crippen molar-refractivity contribution in [3.05, 3.63) is 84.4 Å². The smallest absolute Gasteiger partial charge is 0.119 e. The molecule has 140 valence electrons. The molecule has 0 bridgehead atoms.